The van der Waals surface area contributed by atoms with Crippen LogP contribution < -0.4 is 10.6 Å². The van der Waals surface area contributed by atoms with Crippen LogP contribution in [0.25, 0.3) is 0 Å². The number of morpholine rings is 1. The molecule has 30 heavy (non-hydrogen) atoms. The number of ether oxygens (including phenoxy) is 1. The third kappa shape index (κ3) is 5.52. The van der Waals surface area contributed by atoms with Gasteiger partial charge in [-0.25, -0.2) is 0 Å². The minimum absolute atomic E-state index is 0.0873. The van der Waals surface area contributed by atoms with Crippen LogP contribution in [-0.4, -0.2) is 49.6 Å². The molecule has 0 bridgehead atoms. The van der Waals surface area contributed by atoms with Gasteiger partial charge in [0, 0.05) is 18.8 Å². The summed E-state index contributed by atoms with van der Waals surface area (Å²) < 4.78 is 5.28. The molecule has 3 rings (SSSR count). The Bertz CT molecular complexity index is 926. The second kappa shape index (κ2) is 9.96. The van der Waals surface area contributed by atoms with Crippen LogP contribution in [0, 0.1) is 13.8 Å². The average molecular weight is 430 g/mol. The number of carbonyl (C=O) groups excluding carboxylic acids is 2. The zero-order valence-corrected chi connectivity index (χ0v) is 18.4. The molecule has 0 radical (unpaired) electrons. The van der Waals surface area contributed by atoms with Gasteiger partial charge in [0.05, 0.1) is 36.4 Å². The molecule has 7 heteroatoms. The summed E-state index contributed by atoms with van der Waals surface area (Å²) in [6.07, 6.45) is 0. The van der Waals surface area contributed by atoms with Gasteiger partial charge in [0.1, 0.15) is 0 Å². The summed E-state index contributed by atoms with van der Waals surface area (Å²) >= 11 is 6.33. The highest BCUT2D eigenvalue weighted by Crippen LogP contribution is 2.23. The number of benzene rings is 2. The number of anilines is 1. The van der Waals surface area contributed by atoms with Crippen molar-refractivity contribution in [3.8, 4) is 0 Å². The predicted molar refractivity (Wildman–Crippen MR) is 119 cm³/mol. The minimum Gasteiger partial charge on any atom is -0.378 e. The highest BCUT2D eigenvalue weighted by atomic mass is 35.5. The van der Waals surface area contributed by atoms with E-state index in [2.05, 4.69) is 36.6 Å². The number of nitrogens with zero attached hydrogens (tertiary/aromatic N) is 1. The van der Waals surface area contributed by atoms with Gasteiger partial charge >= 0.3 is 0 Å². The minimum atomic E-state index is -0.120. The summed E-state index contributed by atoms with van der Waals surface area (Å²) in [6.45, 7) is 8.41. The Morgan fingerprint density at radius 3 is 2.50 bits per heavy atom. The maximum Gasteiger partial charge on any atom is 0.255 e. The van der Waals surface area contributed by atoms with E-state index in [4.69, 9.17) is 16.3 Å². The molecule has 2 N–H and O–H groups in total. The van der Waals surface area contributed by atoms with E-state index in [0.717, 1.165) is 5.56 Å². The van der Waals surface area contributed by atoms with Gasteiger partial charge in [-0.2, -0.15) is 0 Å². The second-order valence-electron chi connectivity index (χ2n) is 7.59. The molecule has 0 saturated carbocycles. The molecule has 1 unspecified atom stereocenters. The molecular weight excluding hydrogens is 402 g/mol. The second-order valence-corrected chi connectivity index (χ2v) is 7.99. The highest BCUT2D eigenvalue weighted by molar-refractivity contribution is 6.34. The van der Waals surface area contributed by atoms with Crippen LogP contribution in [0.15, 0.2) is 36.4 Å². The molecule has 1 heterocycles. The smallest absolute Gasteiger partial charge is 0.255 e. The Hall–Kier alpha value is -2.57. The van der Waals surface area contributed by atoms with Gasteiger partial charge in [-0.1, -0.05) is 29.8 Å². The number of rotatable bonds is 6. The van der Waals surface area contributed by atoms with Gasteiger partial charge in [-0.3, -0.25) is 9.59 Å². The van der Waals surface area contributed by atoms with Crippen molar-refractivity contribution in [2.75, 3.05) is 38.2 Å². The van der Waals surface area contributed by atoms with E-state index in [1.54, 1.807) is 23.1 Å². The average Bonchev–Trinajstić information content (AvgIpc) is 2.74. The summed E-state index contributed by atoms with van der Waals surface area (Å²) in [4.78, 5) is 26.7. The van der Waals surface area contributed by atoms with Crippen LogP contribution in [0.4, 0.5) is 5.69 Å². The highest BCUT2D eigenvalue weighted by Gasteiger charge is 2.21. The fraction of sp³-hybridized carbons (Fsp3) is 0.391. The summed E-state index contributed by atoms with van der Waals surface area (Å²) in [5.74, 6) is -0.222. The number of amides is 2. The molecule has 1 aliphatic heterocycles. The SMILES string of the molecule is Cc1ccc(C(C)NC(=O)CNc2ccc(C(=O)N3CCOCC3)c(Cl)c2)cc1C. The Morgan fingerprint density at radius 2 is 1.83 bits per heavy atom. The van der Waals surface area contributed by atoms with Crippen molar-refractivity contribution in [2.24, 2.45) is 0 Å². The van der Waals surface area contributed by atoms with Crippen LogP contribution in [-0.2, 0) is 9.53 Å². The Balaban J connectivity index is 1.54. The van der Waals surface area contributed by atoms with Crippen molar-refractivity contribution in [3.05, 3.63) is 63.7 Å². The van der Waals surface area contributed by atoms with Crippen molar-refractivity contribution in [3.63, 3.8) is 0 Å². The van der Waals surface area contributed by atoms with Gasteiger partial charge in [-0.15, -0.1) is 0 Å². The number of hydrogen-bond donors (Lipinski definition) is 2. The first-order valence-corrected chi connectivity index (χ1v) is 10.5. The van der Waals surface area contributed by atoms with Gasteiger partial charge in [-0.05, 0) is 55.7 Å². The fourth-order valence-corrected chi connectivity index (χ4v) is 3.59. The van der Waals surface area contributed by atoms with E-state index in [1.165, 1.54) is 11.1 Å². The van der Waals surface area contributed by atoms with Crippen LogP contribution in [0.1, 0.15) is 40.0 Å². The zero-order chi connectivity index (χ0) is 21.7. The van der Waals surface area contributed by atoms with E-state index < -0.39 is 0 Å². The molecule has 1 saturated heterocycles. The third-order valence-corrected chi connectivity index (χ3v) is 5.67. The first-order valence-electron chi connectivity index (χ1n) is 10.1. The first-order chi connectivity index (χ1) is 14.3. The molecule has 6 nitrogen and oxygen atoms in total. The third-order valence-electron chi connectivity index (χ3n) is 5.36. The van der Waals surface area contributed by atoms with Gasteiger partial charge in [0.2, 0.25) is 5.91 Å². The molecule has 0 aromatic heterocycles. The van der Waals surface area contributed by atoms with Crippen molar-refractivity contribution in [2.45, 2.75) is 26.8 Å². The molecule has 0 spiro atoms. The largest absolute Gasteiger partial charge is 0.378 e. The number of halogens is 1. The number of aryl methyl sites for hydroxylation is 2. The molecule has 2 aromatic carbocycles. The predicted octanol–water partition coefficient (Wildman–Crippen LogP) is 3.72. The molecule has 1 atom stereocenters. The standard InChI is InChI=1S/C23H28ClN3O3/c1-15-4-5-18(12-16(15)2)17(3)26-22(28)14-25-19-6-7-20(21(24)13-19)23(29)27-8-10-30-11-9-27/h4-7,12-13,17,25H,8-11,14H2,1-3H3,(H,26,28). The maximum absolute atomic E-state index is 12.6. The fourth-order valence-electron chi connectivity index (χ4n) is 3.33. The Morgan fingerprint density at radius 1 is 1.10 bits per heavy atom. The van der Waals surface area contributed by atoms with E-state index in [9.17, 15) is 9.59 Å². The molecule has 2 aromatic rings. The van der Waals surface area contributed by atoms with Crippen LogP contribution in [0.5, 0.6) is 0 Å². The van der Waals surface area contributed by atoms with Gasteiger partial charge in [0.25, 0.3) is 5.91 Å². The monoisotopic (exact) mass is 429 g/mol. The van der Waals surface area contributed by atoms with Crippen LogP contribution in [0.3, 0.4) is 0 Å². The molecule has 2 amide bonds. The van der Waals surface area contributed by atoms with E-state index in [1.807, 2.05) is 13.0 Å². The molecule has 160 valence electrons. The van der Waals surface area contributed by atoms with Crippen molar-refractivity contribution in [1.82, 2.24) is 10.2 Å². The van der Waals surface area contributed by atoms with Crippen LogP contribution in [0.2, 0.25) is 5.02 Å². The topological polar surface area (TPSA) is 70.7 Å². The first kappa shape index (κ1) is 22.1. The number of nitrogens with one attached hydrogen (secondary N) is 2. The maximum atomic E-state index is 12.6. The number of carbonyl (C=O) groups is 2. The Kier molecular flexibility index (Phi) is 7.34. The molecule has 1 aliphatic rings. The van der Waals surface area contributed by atoms with E-state index >= 15 is 0 Å². The van der Waals surface area contributed by atoms with E-state index in [-0.39, 0.29) is 24.4 Å². The molecular formula is C23H28ClN3O3. The van der Waals surface area contributed by atoms with Crippen molar-refractivity contribution < 1.29 is 14.3 Å². The molecule has 1 fully saturated rings. The lowest BCUT2D eigenvalue weighted by Crippen LogP contribution is -2.40. The van der Waals surface area contributed by atoms with Crippen molar-refractivity contribution in [1.29, 1.82) is 0 Å². The quantitative estimate of drug-likeness (QED) is 0.734. The summed E-state index contributed by atoms with van der Waals surface area (Å²) in [5, 5.41) is 6.42. The van der Waals surface area contributed by atoms with Crippen molar-refractivity contribution >= 4 is 29.1 Å². The number of hydrogen-bond acceptors (Lipinski definition) is 4. The normalized spacial score (nSPS) is 14.9. The lowest BCUT2D eigenvalue weighted by molar-refractivity contribution is -0.120. The van der Waals surface area contributed by atoms with E-state index in [0.29, 0.717) is 42.6 Å². The van der Waals surface area contributed by atoms with Gasteiger partial charge in [0.15, 0.2) is 0 Å². The Labute approximate surface area is 182 Å². The zero-order valence-electron chi connectivity index (χ0n) is 17.6. The molecule has 0 aliphatic carbocycles. The lowest BCUT2D eigenvalue weighted by Gasteiger charge is -2.27. The summed E-state index contributed by atoms with van der Waals surface area (Å²) in [6, 6.07) is 11.2. The summed E-state index contributed by atoms with van der Waals surface area (Å²) in [7, 11) is 0. The van der Waals surface area contributed by atoms with Gasteiger partial charge < -0.3 is 20.3 Å². The van der Waals surface area contributed by atoms with Crippen LogP contribution >= 0.6 is 11.6 Å². The lowest BCUT2D eigenvalue weighted by atomic mass is 10.0. The summed E-state index contributed by atoms with van der Waals surface area (Å²) in [5.41, 5.74) is 4.64.